The van der Waals surface area contributed by atoms with Crippen LogP contribution < -0.4 is 5.43 Å². The number of carbonyl (C=O) groups excluding carboxylic acids is 1. The van der Waals surface area contributed by atoms with E-state index >= 15 is 0 Å². The van der Waals surface area contributed by atoms with Crippen molar-refractivity contribution >= 4 is 18.1 Å². The minimum atomic E-state index is -0.772. The molecule has 20 heavy (non-hydrogen) atoms. The summed E-state index contributed by atoms with van der Waals surface area (Å²) < 4.78 is 0. The topological polar surface area (TPSA) is 91.6 Å². The Morgan fingerprint density at radius 2 is 1.95 bits per heavy atom. The average molecular weight is 277 g/mol. The summed E-state index contributed by atoms with van der Waals surface area (Å²) in [4.78, 5) is 25.8. The Morgan fingerprint density at radius 1 is 1.20 bits per heavy atom. The lowest BCUT2D eigenvalue weighted by Gasteiger charge is -2.00. The maximum absolute atomic E-state index is 11.4. The molecular weight excluding hydrogens is 258 g/mol. The fourth-order valence-electron chi connectivity index (χ4n) is 1.59. The maximum Gasteiger partial charge on any atom is 0.303 e. The largest absolute Gasteiger partial charge is 0.481 e. The van der Waals surface area contributed by atoms with Crippen LogP contribution in [0.2, 0.25) is 0 Å². The van der Waals surface area contributed by atoms with Gasteiger partial charge in [-0.2, -0.15) is 5.10 Å². The first-order valence-electron chi connectivity index (χ1n) is 6.63. The summed E-state index contributed by atoms with van der Waals surface area (Å²) >= 11 is 0. The normalized spacial score (nSPS) is 10.6. The number of carbonyl (C=O) groups is 2. The number of amides is 1. The number of carboxylic acids is 1. The van der Waals surface area contributed by atoms with Crippen LogP contribution in [-0.2, 0) is 9.59 Å². The van der Waals surface area contributed by atoms with E-state index in [2.05, 4.69) is 15.5 Å². The average Bonchev–Trinajstić information content (AvgIpc) is 2.43. The molecule has 0 atom stereocenters. The molecule has 0 saturated heterocycles. The third kappa shape index (κ3) is 7.97. The predicted molar refractivity (Wildman–Crippen MR) is 75.3 cm³/mol. The molecule has 1 aromatic heterocycles. The Labute approximate surface area is 117 Å². The van der Waals surface area contributed by atoms with Crippen LogP contribution in [0.3, 0.4) is 0 Å². The van der Waals surface area contributed by atoms with Crippen molar-refractivity contribution < 1.29 is 14.7 Å². The zero-order valence-corrected chi connectivity index (χ0v) is 11.3. The minimum Gasteiger partial charge on any atom is -0.481 e. The summed E-state index contributed by atoms with van der Waals surface area (Å²) in [5.41, 5.74) is 3.12. The van der Waals surface area contributed by atoms with Crippen LogP contribution in [0.15, 0.2) is 29.5 Å². The van der Waals surface area contributed by atoms with Crippen molar-refractivity contribution in [2.24, 2.45) is 5.10 Å². The maximum atomic E-state index is 11.4. The van der Waals surface area contributed by atoms with Crippen LogP contribution in [-0.4, -0.2) is 28.2 Å². The number of hydrogen-bond acceptors (Lipinski definition) is 4. The summed E-state index contributed by atoms with van der Waals surface area (Å²) in [5, 5.41) is 12.3. The van der Waals surface area contributed by atoms with Crippen molar-refractivity contribution in [3.05, 3.63) is 30.1 Å². The van der Waals surface area contributed by atoms with Gasteiger partial charge in [-0.3, -0.25) is 14.6 Å². The van der Waals surface area contributed by atoms with Crippen molar-refractivity contribution in [2.45, 2.75) is 38.5 Å². The third-order valence-corrected chi connectivity index (χ3v) is 2.62. The van der Waals surface area contributed by atoms with E-state index in [4.69, 9.17) is 5.11 Å². The van der Waals surface area contributed by atoms with Crippen LogP contribution in [0, 0.1) is 0 Å². The van der Waals surface area contributed by atoms with E-state index < -0.39 is 5.97 Å². The lowest BCUT2D eigenvalue weighted by atomic mass is 10.1. The second kappa shape index (κ2) is 9.66. The second-order valence-corrected chi connectivity index (χ2v) is 4.36. The Morgan fingerprint density at radius 3 is 2.60 bits per heavy atom. The molecule has 1 amide bonds. The highest BCUT2D eigenvalue weighted by atomic mass is 16.4. The molecule has 0 saturated carbocycles. The van der Waals surface area contributed by atoms with Gasteiger partial charge in [-0.25, -0.2) is 5.43 Å². The standard InChI is InChI=1S/C14H19N3O3/c18-13(8-3-1-2-4-9-14(19)20)17-16-11-12-7-5-6-10-15-12/h5-7,10-11H,1-4,8-9H2,(H,17,18)(H,19,20)/b16-11+. The highest BCUT2D eigenvalue weighted by Crippen LogP contribution is 2.05. The van der Waals surface area contributed by atoms with Crippen molar-refractivity contribution in [1.29, 1.82) is 0 Å². The summed E-state index contributed by atoms with van der Waals surface area (Å²) in [7, 11) is 0. The van der Waals surface area contributed by atoms with Gasteiger partial charge in [0.15, 0.2) is 0 Å². The third-order valence-electron chi connectivity index (χ3n) is 2.62. The SMILES string of the molecule is O=C(O)CCCCCCC(=O)N/N=C/c1ccccn1. The zero-order valence-electron chi connectivity index (χ0n) is 11.3. The number of pyridine rings is 1. The number of nitrogens with one attached hydrogen (secondary N) is 1. The molecule has 0 aromatic carbocycles. The Hall–Kier alpha value is -2.24. The van der Waals surface area contributed by atoms with Crippen LogP contribution >= 0.6 is 0 Å². The second-order valence-electron chi connectivity index (χ2n) is 4.36. The summed E-state index contributed by atoms with van der Waals surface area (Å²) in [6.07, 6.45) is 6.82. The number of hydrazone groups is 1. The van der Waals surface area contributed by atoms with E-state index in [1.54, 1.807) is 18.3 Å². The highest BCUT2D eigenvalue weighted by Gasteiger charge is 2.00. The Kier molecular flexibility index (Phi) is 7.64. The number of carboxylic acid groups (broad SMARTS) is 1. The molecule has 1 aromatic rings. The Balaban J connectivity index is 2.06. The molecule has 1 rings (SSSR count). The summed E-state index contributed by atoms with van der Waals surface area (Å²) in [6, 6.07) is 5.44. The number of unbranched alkanes of at least 4 members (excludes halogenated alkanes) is 3. The van der Waals surface area contributed by atoms with Gasteiger partial charge in [-0.05, 0) is 25.0 Å². The van der Waals surface area contributed by atoms with E-state index in [1.165, 1.54) is 6.21 Å². The number of hydrogen-bond donors (Lipinski definition) is 2. The highest BCUT2D eigenvalue weighted by molar-refractivity contribution is 5.80. The van der Waals surface area contributed by atoms with Crippen molar-refractivity contribution in [1.82, 2.24) is 10.4 Å². The quantitative estimate of drug-likeness (QED) is 0.410. The molecular formula is C14H19N3O3. The van der Waals surface area contributed by atoms with E-state index in [-0.39, 0.29) is 12.3 Å². The molecule has 0 aliphatic carbocycles. The molecule has 0 aliphatic rings. The summed E-state index contributed by atoms with van der Waals surface area (Å²) in [6.45, 7) is 0. The minimum absolute atomic E-state index is 0.143. The number of rotatable bonds is 9. The molecule has 0 spiro atoms. The smallest absolute Gasteiger partial charge is 0.303 e. The zero-order chi connectivity index (χ0) is 14.6. The number of nitrogens with zero attached hydrogens (tertiary/aromatic N) is 2. The monoisotopic (exact) mass is 277 g/mol. The van der Waals surface area contributed by atoms with Gasteiger partial charge in [0.2, 0.25) is 5.91 Å². The first-order chi connectivity index (χ1) is 9.68. The predicted octanol–water partition coefficient (Wildman–Crippen LogP) is 1.96. The van der Waals surface area contributed by atoms with Crippen LogP contribution in [0.1, 0.15) is 44.2 Å². The van der Waals surface area contributed by atoms with Gasteiger partial charge >= 0.3 is 5.97 Å². The molecule has 0 bridgehead atoms. The molecule has 1 heterocycles. The number of aromatic nitrogens is 1. The van der Waals surface area contributed by atoms with Gasteiger partial charge in [-0.1, -0.05) is 18.9 Å². The van der Waals surface area contributed by atoms with E-state index in [9.17, 15) is 9.59 Å². The Bertz CT molecular complexity index is 446. The first kappa shape index (κ1) is 15.8. The van der Waals surface area contributed by atoms with Crippen LogP contribution in [0.25, 0.3) is 0 Å². The number of aliphatic carboxylic acids is 1. The molecule has 0 aliphatic heterocycles. The van der Waals surface area contributed by atoms with E-state index in [1.807, 2.05) is 6.07 Å². The first-order valence-corrected chi connectivity index (χ1v) is 6.63. The van der Waals surface area contributed by atoms with Crippen LogP contribution in [0.4, 0.5) is 0 Å². The molecule has 0 radical (unpaired) electrons. The molecule has 6 nitrogen and oxygen atoms in total. The lowest BCUT2D eigenvalue weighted by molar-refractivity contribution is -0.137. The van der Waals surface area contributed by atoms with Gasteiger partial charge in [0.05, 0.1) is 11.9 Å². The summed E-state index contributed by atoms with van der Waals surface area (Å²) in [5.74, 6) is -0.915. The van der Waals surface area contributed by atoms with Gasteiger partial charge in [0, 0.05) is 19.0 Å². The fraction of sp³-hybridized carbons (Fsp3) is 0.429. The van der Waals surface area contributed by atoms with Crippen molar-refractivity contribution in [3.8, 4) is 0 Å². The molecule has 0 fully saturated rings. The molecule has 0 unspecified atom stereocenters. The van der Waals surface area contributed by atoms with Crippen molar-refractivity contribution in [3.63, 3.8) is 0 Å². The van der Waals surface area contributed by atoms with Crippen molar-refractivity contribution in [2.75, 3.05) is 0 Å². The van der Waals surface area contributed by atoms with Gasteiger partial charge in [0.25, 0.3) is 0 Å². The molecule has 108 valence electrons. The molecule has 2 N–H and O–H groups in total. The van der Waals surface area contributed by atoms with Gasteiger partial charge < -0.3 is 5.11 Å². The van der Waals surface area contributed by atoms with E-state index in [0.29, 0.717) is 18.5 Å². The van der Waals surface area contributed by atoms with Gasteiger partial charge in [0.1, 0.15) is 0 Å². The van der Waals surface area contributed by atoms with Gasteiger partial charge in [-0.15, -0.1) is 0 Å². The molecule has 6 heteroatoms. The fourth-order valence-corrected chi connectivity index (χ4v) is 1.59. The lowest BCUT2D eigenvalue weighted by Crippen LogP contribution is -2.17. The van der Waals surface area contributed by atoms with Crippen LogP contribution in [0.5, 0.6) is 0 Å². The van der Waals surface area contributed by atoms with E-state index in [0.717, 1.165) is 19.3 Å².